The van der Waals surface area contributed by atoms with Gasteiger partial charge < -0.3 is 14.4 Å². The molecule has 1 saturated heterocycles. The summed E-state index contributed by atoms with van der Waals surface area (Å²) >= 11 is 3.35. The molecule has 1 aliphatic rings. The average Bonchev–Trinajstić information content (AvgIpc) is 3.05. The molecule has 0 unspecified atom stereocenters. The standard InChI is InChI=1S/C20H22BrNO5S/c1-26-18-6-2-15(3-7-18)12-22(17-10-11-28(24,25)14-17)20(23)13-27-19-8-4-16(21)5-9-19/h2-9,17H,10-14H2,1H3/t17-/m1/s1. The molecule has 1 heterocycles. The Bertz CT molecular complexity index is 913. The minimum absolute atomic E-state index is 0.00677. The number of sulfone groups is 1. The molecular weight excluding hydrogens is 446 g/mol. The summed E-state index contributed by atoms with van der Waals surface area (Å²) < 4.78 is 35.5. The van der Waals surface area contributed by atoms with Crippen LogP contribution in [0.4, 0.5) is 0 Å². The maximum atomic E-state index is 12.9. The van der Waals surface area contributed by atoms with Crippen molar-refractivity contribution < 1.29 is 22.7 Å². The van der Waals surface area contributed by atoms with Crippen molar-refractivity contribution in [2.24, 2.45) is 0 Å². The lowest BCUT2D eigenvalue weighted by Crippen LogP contribution is -2.43. The minimum Gasteiger partial charge on any atom is -0.497 e. The highest BCUT2D eigenvalue weighted by Gasteiger charge is 2.34. The number of hydrogen-bond acceptors (Lipinski definition) is 5. The van der Waals surface area contributed by atoms with Crippen molar-refractivity contribution in [2.45, 2.75) is 19.0 Å². The fourth-order valence-corrected chi connectivity index (χ4v) is 5.12. The van der Waals surface area contributed by atoms with Crippen LogP contribution in [0.2, 0.25) is 0 Å². The zero-order valence-electron chi connectivity index (χ0n) is 15.5. The predicted molar refractivity (Wildman–Crippen MR) is 110 cm³/mol. The van der Waals surface area contributed by atoms with E-state index in [-0.39, 0.29) is 30.1 Å². The second kappa shape index (κ2) is 8.96. The van der Waals surface area contributed by atoms with Gasteiger partial charge in [0.1, 0.15) is 11.5 Å². The molecule has 1 fully saturated rings. The molecule has 0 spiro atoms. The second-order valence-corrected chi connectivity index (χ2v) is 9.81. The van der Waals surface area contributed by atoms with Crippen molar-refractivity contribution in [3.8, 4) is 11.5 Å². The van der Waals surface area contributed by atoms with Crippen LogP contribution in [0.15, 0.2) is 53.0 Å². The van der Waals surface area contributed by atoms with Gasteiger partial charge in [0.05, 0.1) is 18.6 Å². The second-order valence-electron chi connectivity index (χ2n) is 6.67. The summed E-state index contributed by atoms with van der Waals surface area (Å²) in [5, 5.41) is 0. The number of carbonyl (C=O) groups is 1. The van der Waals surface area contributed by atoms with Gasteiger partial charge in [-0.1, -0.05) is 28.1 Å². The van der Waals surface area contributed by atoms with Gasteiger partial charge in [-0.3, -0.25) is 4.79 Å². The summed E-state index contributed by atoms with van der Waals surface area (Å²) in [6.45, 7) is 0.182. The van der Waals surface area contributed by atoms with E-state index in [2.05, 4.69) is 15.9 Å². The van der Waals surface area contributed by atoms with E-state index in [9.17, 15) is 13.2 Å². The lowest BCUT2D eigenvalue weighted by molar-refractivity contribution is -0.136. The molecule has 8 heteroatoms. The molecule has 1 atom stereocenters. The molecule has 0 radical (unpaired) electrons. The van der Waals surface area contributed by atoms with Gasteiger partial charge in [0.25, 0.3) is 5.91 Å². The van der Waals surface area contributed by atoms with Crippen molar-refractivity contribution >= 4 is 31.7 Å². The fraction of sp³-hybridized carbons (Fsp3) is 0.350. The molecule has 1 amide bonds. The molecular formula is C20H22BrNO5S. The Kier molecular flexibility index (Phi) is 6.61. The van der Waals surface area contributed by atoms with E-state index >= 15 is 0 Å². The van der Waals surface area contributed by atoms with Gasteiger partial charge >= 0.3 is 0 Å². The maximum Gasteiger partial charge on any atom is 0.261 e. The van der Waals surface area contributed by atoms with Crippen molar-refractivity contribution in [2.75, 3.05) is 25.2 Å². The smallest absolute Gasteiger partial charge is 0.261 e. The van der Waals surface area contributed by atoms with E-state index < -0.39 is 9.84 Å². The number of halogens is 1. The lowest BCUT2D eigenvalue weighted by Gasteiger charge is -2.28. The van der Waals surface area contributed by atoms with Gasteiger partial charge in [-0.2, -0.15) is 0 Å². The summed E-state index contributed by atoms with van der Waals surface area (Å²) in [4.78, 5) is 14.5. The van der Waals surface area contributed by atoms with Crippen LogP contribution in [0.3, 0.4) is 0 Å². The van der Waals surface area contributed by atoms with Crippen LogP contribution in [0.25, 0.3) is 0 Å². The molecule has 0 aliphatic carbocycles. The number of carbonyl (C=O) groups excluding carboxylic acids is 1. The number of methoxy groups -OCH3 is 1. The molecule has 150 valence electrons. The van der Waals surface area contributed by atoms with Crippen LogP contribution in [0, 0.1) is 0 Å². The van der Waals surface area contributed by atoms with Gasteiger partial charge in [0.15, 0.2) is 16.4 Å². The normalized spacial score (nSPS) is 17.9. The van der Waals surface area contributed by atoms with E-state index in [4.69, 9.17) is 9.47 Å². The Morgan fingerprint density at radius 2 is 1.75 bits per heavy atom. The third-order valence-corrected chi connectivity index (χ3v) is 6.94. The van der Waals surface area contributed by atoms with E-state index in [0.717, 1.165) is 15.8 Å². The van der Waals surface area contributed by atoms with Crippen LogP contribution in [0.5, 0.6) is 11.5 Å². The first kappa shape index (κ1) is 20.7. The zero-order valence-corrected chi connectivity index (χ0v) is 17.9. The monoisotopic (exact) mass is 467 g/mol. The Balaban J connectivity index is 1.72. The summed E-state index contributed by atoms with van der Waals surface area (Å²) in [5.41, 5.74) is 0.905. The first-order valence-electron chi connectivity index (χ1n) is 8.87. The van der Waals surface area contributed by atoms with Gasteiger partial charge in [0.2, 0.25) is 0 Å². The van der Waals surface area contributed by atoms with Crippen molar-refractivity contribution in [1.29, 1.82) is 0 Å². The average molecular weight is 468 g/mol. The molecule has 28 heavy (non-hydrogen) atoms. The molecule has 6 nitrogen and oxygen atoms in total. The predicted octanol–water partition coefficient (Wildman–Crippen LogP) is 3.05. The topological polar surface area (TPSA) is 72.9 Å². The largest absolute Gasteiger partial charge is 0.497 e. The van der Waals surface area contributed by atoms with E-state index in [1.54, 1.807) is 24.1 Å². The Hall–Kier alpha value is -2.06. The highest BCUT2D eigenvalue weighted by Crippen LogP contribution is 2.22. The van der Waals surface area contributed by atoms with Gasteiger partial charge in [0, 0.05) is 17.1 Å². The third-order valence-electron chi connectivity index (χ3n) is 4.66. The van der Waals surface area contributed by atoms with Crippen molar-refractivity contribution in [3.05, 3.63) is 58.6 Å². The highest BCUT2D eigenvalue weighted by molar-refractivity contribution is 9.10. The van der Waals surface area contributed by atoms with Crippen LogP contribution in [0.1, 0.15) is 12.0 Å². The number of benzene rings is 2. The van der Waals surface area contributed by atoms with Crippen LogP contribution in [-0.2, 0) is 21.2 Å². The maximum absolute atomic E-state index is 12.9. The Morgan fingerprint density at radius 3 is 2.32 bits per heavy atom. The van der Waals surface area contributed by atoms with Gasteiger partial charge in [-0.25, -0.2) is 8.42 Å². The number of hydrogen-bond donors (Lipinski definition) is 0. The molecule has 0 saturated carbocycles. The first-order valence-corrected chi connectivity index (χ1v) is 11.5. The molecule has 0 aromatic heterocycles. The van der Waals surface area contributed by atoms with Crippen molar-refractivity contribution in [1.82, 2.24) is 4.90 Å². The summed E-state index contributed by atoms with van der Waals surface area (Å²) in [6, 6.07) is 14.3. The molecule has 2 aromatic carbocycles. The Labute approximate surface area is 173 Å². The molecule has 0 bridgehead atoms. The lowest BCUT2D eigenvalue weighted by atomic mass is 10.1. The molecule has 1 aliphatic heterocycles. The van der Waals surface area contributed by atoms with Crippen molar-refractivity contribution in [3.63, 3.8) is 0 Å². The molecule has 3 rings (SSSR count). The summed E-state index contributed by atoms with van der Waals surface area (Å²) in [5.74, 6) is 1.18. The number of nitrogens with zero attached hydrogens (tertiary/aromatic N) is 1. The first-order chi connectivity index (χ1) is 13.4. The van der Waals surface area contributed by atoms with Gasteiger partial charge in [-0.05, 0) is 48.4 Å². The molecule has 2 aromatic rings. The van der Waals surface area contributed by atoms with Crippen LogP contribution in [-0.4, -0.2) is 50.5 Å². The fourth-order valence-electron chi connectivity index (χ4n) is 3.13. The highest BCUT2D eigenvalue weighted by atomic mass is 79.9. The van der Waals surface area contributed by atoms with E-state index in [1.807, 2.05) is 36.4 Å². The van der Waals surface area contributed by atoms with E-state index in [1.165, 1.54) is 0 Å². The van der Waals surface area contributed by atoms with E-state index in [0.29, 0.717) is 18.7 Å². The number of amides is 1. The summed E-state index contributed by atoms with van der Waals surface area (Å²) in [7, 11) is -1.52. The van der Waals surface area contributed by atoms with Crippen LogP contribution >= 0.6 is 15.9 Å². The zero-order chi connectivity index (χ0) is 20.1. The van der Waals surface area contributed by atoms with Gasteiger partial charge in [-0.15, -0.1) is 0 Å². The number of rotatable bonds is 7. The minimum atomic E-state index is -3.11. The SMILES string of the molecule is COc1ccc(CN(C(=O)COc2ccc(Br)cc2)[C@@H]2CCS(=O)(=O)C2)cc1. The number of ether oxygens (including phenoxy) is 2. The third kappa shape index (κ3) is 5.48. The molecule has 0 N–H and O–H groups in total. The Morgan fingerprint density at radius 1 is 1.11 bits per heavy atom. The van der Waals surface area contributed by atoms with Crippen LogP contribution < -0.4 is 9.47 Å². The quantitative estimate of drug-likeness (QED) is 0.625. The summed E-state index contributed by atoms with van der Waals surface area (Å²) in [6.07, 6.45) is 0.447.